The van der Waals surface area contributed by atoms with Gasteiger partial charge in [0.25, 0.3) is 0 Å². The number of halogens is 1. The van der Waals surface area contributed by atoms with Crippen LogP contribution in [0.15, 0.2) is 47.5 Å². The van der Waals surface area contributed by atoms with Crippen molar-refractivity contribution in [1.82, 2.24) is 10.6 Å². The minimum Gasteiger partial charge on any atom is -0.497 e. The Morgan fingerprint density at radius 2 is 1.76 bits per heavy atom. The fourth-order valence-corrected chi connectivity index (χ4v) is 2.40. The Balaban J connectivity index is 1.91. The average molecular weight is 344 g/mol. The van der Waals surface area contributed by atoms with E-state index in [0.29, 0.717) is 24.7 Å². The predicted molar refractivity (Wildman–Crippen MR) is 101 cm³/mol. The number of hydrogen-bond acceptors (Lipinski definition) is 3. The summed E-state index contributed by atoms with van der Waals surface area (Å²) in [4.78, 5) is 5.94. The lowest BCUT2D eigenvalue weighted by Crippen LogP contribution is -2.36. The van der Waals surface area contributed by atoms with Crippen molar-refractivity contribution in [3.63, 3.8) is 0 Å². The zero-order chi connectivity index (χ0) is 18.2. The maximum Gasteiger partial charge on any atom is 0.191 e. The number of nitrogens with zero attached hydrogens (tertiary/aromatic N) is 2. The van der Waals surface area contributed by atoms with Crippen molar-refractivity contribution in [3.05, 3.63) is 59.4 Å². The summed E-state index contributed by atoms with van der Waals surface area (Å²) in [6.07, 6.45) is 0. The minimum atomic E-state index is -0.233. The van der Waals surface area contributed by atoms with E-state index in [-0.39, 0.29) is 5.82 Å². The fourth-order valence-electron chi connectivity index (χ4n) is 2.40. The molecule has 0 saturated heterocycles. The van der Waals surface area contributed by atoms with Crippen molar-refractivity contribution >= 4 is 11.6 Å². The Kier molecular flexibility index (Phi) is 6.62. The number of rotatable bonds is 6. The van der Waals surface area contributed by atoms with E-state index in [1.165, 1.54) is 6.07 Å². The maximum absolute atomic E-state index is 14.0. The molecule has 0 heterocycles. The monoisotopic (exact) mass is 344 g/mol. The number of methoxy groups -OCH3 is 1. The van der Waals surface area contributed by atoms with Gasteiger partial charge >= 0.3 is 0 Å². The zero-order valence-corrected chi connectivity index (χ0v) is 15.1. The molecule has 0 saturated carbocycles. The largest absolute Gasteiger partial charge is 0.497 e. The Labute approximate surface area is 148 Å². The van der Waals surface area contributed by atoms with Gasteiger partial charge in [0.2, 0.25) is 0 Å². The smallest absolute Gasteiger partial charge is 0.191 e. The molecule has 0 spiro atoms. The molecule has 2 N–H and O–H groups in total. The van der Waals surface area contributed by atoms with Gasteiger partial charge in [-0.15, -0.1) is 0 Å². The first-order valence-electron chi connectivity index (χ1n) is 8.06. The van der Waals surface area contributed by atoms with Crippen LogP contribution in [0.4, 0.5) is 10.1 Å². The molecule has 2 rings (SSSR count). The summed E-state index contributed by atoms with van der Waals surface area (Å²) in [5.74, 6) is 1.24. The number of benzene rings is 2. The van der Waals surface area contributed by atoms with Crippen molar-refractivity contribution in [3.8, 4) is 5.75 Å². The molecule has 0 radical (unpaired) electrons. The van der Waals surface area contributed by atoms with Crippen molar-refractivity contribution < 1.29 is 9.13 Å². The topological polar surface area (TPSA) is 48.9 Å². The summed E-state index contributed by atoms with van der Waals surface area (Å²) in [6.45, 7) is 1.10. The first-order chi connectivity index (χ1) is 12.0. The molecule has 5 nitrogen and oxygen atoms in total. The van der Waals surface area contributed by atoms with Crippen LogP contribution in [0.1, 0.15) is 11.1 Å². The molecule has 0 unspecified atom stereocenters. The Bertz CT molecular complexity index is 731. The second kappa shape index (κ2) is 8.92. The summed E-state index contributed by atoms with van der Waals surface area (Å²) in [7, 11) is 6.99. The van der Waals surface area contributed by atoms with Gasteiger partial charge in [-0.25, -0.2) is 4.39 Å². The van der Waals surface area contributed by atoms with Crippen LogP contribution in [-0.2, 0) is 13.1 Å². The lowest BCUT2D eigenvalue weighted by atomic mass is 10.2. The third kappa shape index (κ3) is 5.38. The van der Waals surface area contributed by atoms with Crippen molar-refractivity contribution in [2.75, 3.05) is 33.2 Å². The second-order valence-corrected chi connectivity index (χ2v) is 5.81. The quantitative estimate of drug-likeness (QED) is 0.625. The Hall–Kier alpha value is -2.76. The van der Waals surface area contributed by atoms with Gasteiger partial charge in [0.1, 0.15) is 11.6 Å². The molecule has 0 bridgehead atoms. The van der Waals surface area contributed by atoms with Crippen LogP contribution in [-0.4, -0.2) is 34.2 Å². The molecule has 0 aliphatic heterocycles. The predicted octanol–water partition coefficient (Wildman–Crippen LogP) is 2.77. The van der Waals surface area contributed by atoms with Crippen LogP contribution in [0.25, 0.3) is 0 Å². The molecule has 0 atom stereocenters. The molecular formula is C19H25FN4O. The highest BCUT2D eigenvalue weighted by Gasteiger charge is 2.06. The first kappa shape index (κ1) is 18.6. The van der Waals surface area contributed by atoms with Crippen LogP contribution in [0, 0.1) is 5.82 Å². The van der Waals surface area contributed by atoms with E-state index in [9.17, 15) is 4.39 Å². The van der Waals surface area contributed by atoms with E-state index in [1.807, 2.05) is 44.4 Å². The van der Waals surface area contributed by atoms with E-state index < -0.39 is 0 Å². The molecule has 0 fully saturated rings. The van der Waals surface area contributed by atoms with Gasteiger partial charge < -0.3 is 20.3 Å². The van der Waals surface area contributed by atoms with Crippen LogP contribution >= 0.6 is 0 Å². The molecular weight excluding hydrogens is 319 g/mol. The van der Waals surface area contributed by atoms with Gasteiger partial charge in [0.05, 0.1) is 12.8 Å². The molecule has 134 valence electrons. The summed E-state index contributed by atoms with van der Waals surface area (Å²) in [6, 6.07) is 13.1. The molecule has 0 aliphatic carbocycles. The van der Waals surface area contributed by atoms with Crippen molar-refractivity contribution in [2.24, 2.45) is 4.99 Å². The lowest BCUT2D eigenvalue weighted by molar-refractivity contribution is 0.414. The van der Waals surface area contributed by atoms with Crippen molar-refractivity contribution in [1.29, 1.82) is 0 Å². The summed E-state index contributed by atoms with van der Waals surface area (Å²) in [5, 5.41) is 6.42. The summed E-state index contributed by atoms with van der Waals surface area (Å²) in [5.41, 5.74) is 2.51. The number of aliphatic imine (C=N–C) groups is 1. The number of guanidine groups is 1. The standard InChI is InChI=1S/C19H25FN4O/c1-21-19(22-12-14-6-5-7-16(10-14)25-4)23-13-15-8-9-18(24(2)3)17(20)11-15/h5-11H,12-13H2,1-4H3,(H2,21,22,23). The van der Waals surface area contributed by atoms with Crippen molar-refractivity contribution in [2.45, 2.75) is 13.1 Å². The SMILES string of the molecule is CN=C(NCc1cccc(OC)c1)NCc1ccc(N(C)C)c(F)c1. The van der Waals surface area contributed by atoms with Crippen LogP contribution in [0.5, 0.6) is 5.75 Å². The average Bonchev–Trinajstić information content (AvgIpc) is 2.61. The molecule has 25 heavy (non-hydrogen) atoms. The van der Waals surface area contributed by atoms with E-state index in [4.69, 9.17) is 4.74 Å². The summed E-state index contributed by atoms with van der Waals surface area (Å²) >= 11 is 0. The van der Waals surface area contributed by atoms with E-state index in [1.54, 1.807) is 25.1 Å². The molecule has 2 aromatic carbocycles. The first-order valence-corrected chi connectivity index (χ1v) is 8.06. The molecule has 0 amide bonds. The number of hydrogen-bond donors (Lipinski definition) is 2. The van der Waals surface area contributed by atoms with Crippen LogP contribution in [0.3, 0.4) is 0 Å². The zero-order valence-electron chi connectivity index (χ0n) is 15.1. The highest BCUT2D eigenvalue weighted by molar-refractivity contribution is 5.79. The third-order valence-corrected chi connectivity index (χ3v) is 3.77. The van der Waals surface area contributed by atoms with Gasteiger partial charge in [0.15, 0.2) is 5.96 Å². The molecule has 2 aromatic rings. The van der Waals surface area contributed by atoms with Gasteiger partial charge in [0, 0.05) is 34.2 Å². The second-order valence-electron chi connectivity index (χ2n) is 5.81. The van der Waals surface area contributed by atoms with E-state index in [0.717, 1.165) is 16.9 Å². The Morgan fingerprint density at radius 1 is 1.08 bits per heavy atom. The highest BCUT2D eigenvalue weighted by Crippen LogP contribution is 2.18. The number of ether oxygens (including phenoxy) is 1. The number of anilines is 1. The third-order valence-electron chi connectivity index (χ3n) is 3.77. The van der Waals surface area contributed by atoms with Gasteiger partial charge in [-0.1, -0.05) is 18.2 Å². The van der Waals surface area contributed by atoms with Gasteiger partial charge in [-0.05, 0) is 35.4 Å². The van der Waals surface area contributed by atoms with Crippen LogP contribution in [0.2, 0.25) is 0 Å². The van der Waals surface area contributed by atoms with E-state index >= 15 is 0 Å². The lowest BCUT2D eigenvalue weighted by Gasteiger charge is -2.15. The molecule has 6 heteroatoms. The normalized spacial score (nSPS) is 11.2. The highest BCUT2D eigenvalue weighted by atomic mass is 19.1. The fraction of sp³-hybridized carbons (Fsp3) is 0.316. The maximum atomic E-state index is 14.0. The van der Waals surface area contributed by atoms with Gasteiger partial charge in [-0.2, -0.15) is 0 Å². The van der Waals surface area contributed by atoms with Gasteiger partial charge in [-0.3, -0.25) is 4.99 Å². The van der Waals surface area contributed by atoms with E-state index in [2.05, 4.69) is 15.6 Å². The molecule has 0 aliphatic rings. The Morgan fingerprint density at radius 3 is 2.32 bits per heavy atom. The minimum absolute atomic E-state index is 0.233. The number of nitrogens with one attached hydrogen (secondary N) is 2. The summed E-state index contributed by atoms with van der Waals surface area (Å²) < 4.78 is 19.2. The molecule has 0 aromatic heterocycles. The van der Waals surface area contributed by atoms with Crippen LogP contribution < -0.4 is 20.3 Å².